The number of aromatic nitrogens is 1. The molecular formula is C14H22N2O4. The van der Waals surface area contributed by atoms with Crippen molar-refractivity contribution in [2.24, 2.45) is 11.8 Å². The van der Waals surface area contributed by atoms with E-state index in [0.29, 0.717) is 25.5 Å². The first-order valence-electron chi connectivity index (χ1n) is 7.07. The van der Waals surface area contributed by atoms with Gasteiger partial charge in [-0.2, -0.15) is 0 Å². The van der Waals surface area contributed by atoms with Crippen LogP contribution in [0.15, 0.2) is 10.6 Å². The number of methoxy groups -OCH3 is 1. The van der Waals surface area contributed by atoms with E-state index < -0.39 is 5.97 Å². The van der Waals surface area contributed by atoms with Gasteiger partial charge >= 0.3 is 5.97 Å². The monoisotopic (exact) mass is 282 g/mol. The van der Waals surface area contributed by atoms with E-state index in [1.54, 1.807) is 7.11 Å². The number of rotatable bonds is 7. The molecule has 1 aromatic rings. The van der Waals surface area contributed by atoms with E-state index in [4.69, 9.17) is 9.26 Å². The molecule has 0 amide bonds. The molecule has 6 nitrogen and oxygen atoms in total. The van der Waals surface area contributed by atoms with Gasteiger partial charge < -0.3 is 19.7 Å². The molecule has 20 heavy (non-hydrogen) atoms. The lowest BCUT2D eigenvalue weighted by atomic mass is 9.79. The summed E-state index contributed by atoms with van der Waals surface area (Å²) in [7, 11) is 1.61. The molecule has 1 saturated carbocycles. The number of carboxylic acid groups (broad SMARTS) is 1. The molecule has 2 atom stereocenters. The van der Waals surface area contributed by atoms with Gasteiger partial charge in [0.1, 0.15) is 6.61 Å². The number of hydrogen-bond donors (Lipinski definition) is 2. The first-order chi connectivity index (χ1) is 9.70. The van der Waals surface area contributed by atoms with Crippen LogP contribution in [-0.2, 0) is 22.7 Å². The number of nitrogens with one attached hydrogen (secondary N) is 1. The lowest BCUT2D eigenvalue weighted by Crippen LogP contribution is -2.34. The summed E-state index contributed by atoms with van der Waals surface area (Å²) in [4.78, 5) is 11.2. The minimum absolute atomic E-state index is 0.211. The summed E-state index contributed by atoms with van der Waals surface area (Å²) in [5.41, 5.74) is 0.819. The smallest absolute Gasteiger partial charge is 0.306 e. The van der Waals surface area contributed by atoms with E-state index in [1.807, 2.05) is 6.07 Å². The Hall–Kier alpha value is -1.40. The zero-order valence-corrected chi connectivity index (χ0v) is 11.8. The average Bonchev–Trinajstić information content (AvgIpc) is 2.87. The minimum Gasteiger partial charge on any atom is -0.481 e. The molecule has 0 saturated heterocycles. The first kappa shape index (κ1) is 15.0. The van der Waals surface area contributed by atoms with Crippen LogP contribution < -0.4 is 5.32 Å². The van der Waals surface area contributed by atoms with E-state index in [2.05, 4.69) is 10.5 Å². The molecule has 1 aliphatic carbocycles. The molecule has 1 heterocycles. The van der Waals surface area contributed by atoms with E-state index in [-0.39, 0.29) is 11.8 Å². The Bertz CT molecular complexity index is 433. The predicted molar refractivity (Wildman–Crippen MR) is 72.0 cm³/mol. The largest absolute Gasteiger partial charge is 0.481 e. The highest BCUT2D eigenvalue weighted by atomic mass is 16.5. The molecule has 2 unspecified atom stereocenters. The molecule has 0 radical (unpaired) electrons. The molecule has 0 aliphatic heterocycles. The fourth-order valence-electron chi connectivity index (χ4n) is 2.81. The third-order valence-electron chi connectivity index (χ3n) is 3.83. The summed E-state index contributed by atoms with van der Waals surface area (Å²) in [6.45, 7) is 1.72. The molecule has 1 fully saturated rings. The molecule has 0 spiro atoms. The van der Waals surface area contributed by atoms with Crippen molar-refractivity contribution < 1.29 is 19.2 Å². The van der Waals surface area contributed by atoms with Gasteiger partial charge in [-0.05, 0) is 25.3 Å². The third-order valence-corrected chi connectivity index (χ3v) is 3.83. The van der Waals surface area contributed by atoms with Gasteiger partial charge in [0.15, 0.2) is 5.76 Å². The lowest BCUT2D eigenvalue weighted by Gasteiger charge is -2.28. The Labute approximate surface area is 118 Å². The van der Waals surface area contributed by atoms with E-state index in [0.717, 1.165) is 31.4 Å². The Morgan fingerprint density at radius 3 is 3.10 bits per heavy atom. The molecule has 1 aromatic heterocycles. The Morgan fingerprint density at radius 1 is 1.55 bits per heavy atom. The number of hydrogen-bond acceptors (Lipinski definition) is 5. The van der Waals surface area contributed by atoms with Crippen molar-refractivity contribution in [1.82, 2.24) is 10.5 Å². The number of ether oxygens (including phenoxy) is 1. The highest BCUT2D eigenvalue weighted by Gasteiger charge is 2.30. The van der Waals surface area contributed by atoms with Gasteiger partial charge in [-0.3, -0.25) is 4.79 Å². The quantitative estimate of drug-likeness (QED) is 0.793. The molecule has 112 valence electrons. The van der Waals surface area contributed by atoms with Crippen LogP contribution in [-0.4, -0.2) is 29.9 Å². The summed E-state index contributed by atoms with van der Waals surface area (Å²) < 4.78 is 10.1. The van der Waals surface area contributed by atoms with Crippen molar-refractivity contribution in [2.45, 2.75) is 38.8 Å². The van der Waals surface area contributed by atoms with Crippen LogP contribution in [0.25, 0.3) is 0 Å². The molecule has 0 bridgehead atoms. The Kier molecular flexibility index (Phi) is 5.55. The summed E-state index contributed by atoms with van der Waals surface area (Å²) in [6, 6.07) is 1.85. The second-order valence-corrected chi connectivity index (χ2v) is 5.34. The van der Waals surface area contributed by atoms with E-state index in [1.165, 1.54) is 0 Å². The number of aliphatic carboxylic acids is 1. The fraction of sp³-hybridized carbons (Fsp3) is 0.714. The number of nitrogens with zero attached hydrogens (tertiary/aromatic N) is 1. The second kappa shape index (κ2) is 7.40. The summed E-state index contributed by atoms with van der Waals surface area (Å²) in [5, 5.41) is 16.4. The topological polar surface area (TPSA) is 84.6 Å². The maximum Gasteiger partial charge on any atom is 0.306 e. The Morgan fingerprint density at radius 2 is 2.35 bits per heavy atom. The normalized spacial score (nSPS) is 22.9. The molecular weight excluding hydrogens is 260 g/mol. The van der Waals surface area contributed by atoms with Gasteiger partial charge in [-0.25, -0.2) is 0 Å². The van der Waals surface area contributed by atoms with Crippen molar-refractivity contribution in [3.8, 4) is 0 Å². The minimum atomic E-state index is -0.666. The van der Waals surface area contributed by atoms with Gasteiger partial charge in [0, 0.05) is 19.7 Å². The van der Waals surface area contributed by atoms with Gasteiger partial charge in [0.05, 0.1) is 11.6 Å². The second-order valence-electron chi connectivity index (χ2n) is 5.34. The maximum absolute atomic E-state index is 11.2. The van der Waals surface area contributed by atoms with Crippen LogP contribution in [0.5, 0.6) is 0 Å². The van der Waals surface area contributed by atoms with E-state index in [9.17, 15) is 9.90 Å². The van der Waals surface area contributed by atoms with Crippen LogP contribution in [0.3, 0.4) is 0 Å². The van der Waals surface area contributed by atoms with Gasteiger partial charge in [-0.15, -0.1) is 0 Å². The zero-order chi connectivity index (χ0) is 14.4. The van der Waals surface area contributed by atoms with Gasteiger partial charge in [-0.1, -0.05) is 18.0 Å². The van der Waals surface area contributed by atoms with Crippen molar-refractivity contribution in [2.75, 3.05) is 13.7 Å². The van der Waals surface area contributed by atoms with Crippen LogP contribution in [0.2, 0.25) is 0 Å². The SMILES string of the molecule is COCc1cc(CNCC2CCCCC2C(=O)O)no1. The highest BCUT2D eigenvalue weighted by Crippen LogP contribution is 2.29. The maximum atomic E-state index is 11.2. The molecule has 0 aromatic carbocycles. The first-order valence-corrected chi connectivity index (χ1v) is 7.07. The van der Waals surface area contributed by atoms with Crippen LogP contribution in [0.4, 0.5) is 0 Å². The number of carboxylic acids is 1. The molecule has 2 N–H and O–H groups in total. The van der Waals surface area contributed by atoms with Crippen LogP contribution in [0, 0.1) is 11.8 Å². The summed E-state index contributed by atoms with van der Waals surface area (Å²) >= 11 is 0. The fourth-order valence-corrected chi connectivity index (χ4v) is 2.81. The van der Waals surface area contributed by atoms with Crippen LogP contribution in [0.1, 0.15) is 37.1 Å². The Balaban J connectivity index is 1.77. The molecule has 6 heteroatoms. The van der Waals surface area contributed by atoms with E-state index >= 15 is 0 Å². The van der Waals surface area contributed by atoms with Crippen molar-refractivity contribution in [1.29, 1.82) is 0 Å². The van der Waals surface area contributed by atoms with Crippen molar-refractivity contribution >= 4 is 5.97 Å². The van der Waals surface area contributed by atoms with Gasteiger partial charge in [0.25, 0.3) is 0 Å². The standard InChI is InChI=1S/C14H22N2O4/c1-19-9-12-6-11(16-20-12)8-15-7-10-4-2-3-5-13(10)14(17)18/h6,10,13,15H,2-5,7-9H2,1H3,(H,17,18). The molecule has 2 rings (SSSR count). The summed E-state index contributed by atoms with van der Waals surface area (Å²) in [5.74, 6) is 0.0369. The third kappa shape index (κ3) is 4.05. The van der Waals surface area contributed by atoms with Crippen molar-refractivity contribution in [3.63, 3.8) is 0 Å². The molecule has 1 aliphatic rings. The zero-order valence-electron chi connectivity index (χ0n) is 11.8. The highest BCUT2D eigenvalue weighted by molar-refractivity contribution is 5.70. The summed E-state index contributed by atoms with van der Waals surface area (Å²) in [6.07, 6.45) is 3.93. The van der Waals surface area contributed by atoms with Crippen molar-refractivity contribution in [3.05, 3.63) is 17.5 Å². The number of carbonyl (C=O) groups is 1. The van der Waals surface area contributed by atoms with Gasteiger partial charge in [0.2, 0.25) is 0 Å². The lowest BCUT2D eigenvalue weighted by molar-refractivity contribution is -0.144. The van der Waals surface area contributed by atoms with Crippen LogP contribution >= 0.6 is 0 Å². The average molecular weight is 282 g/mol. The predicted octanol–water partition coefficient (Wildman–Crippen LogP) is 1.80.